The summed E-state index contributed by atoms with van der Waals surface area (Å²) in [5.74, 6) is -1.19. The third-order valence-corrected chi connectivity index (χ3v) is 9.68. The number of aliphatic hydroxyl groups excluding tert-OH is 2. The van der Waals surface area contributed by atoms with E-state index in [0.717, 1.165) is 64.2 Å². The van der Waals surface area contributed by atoms with E-state index in [4.69, 9.17) is 23.8 Å². The van der Waals surface area contributed by atoms with E-state index in [1.54, 1.807) is 6.08 Å². The second-order valence-electron chi connectivity index (χ2n) is 14.1. The van der Waals surface area contributed by atoms with E-state index in [1.165, 1.54) is 0 Å². The Morgan fingerprint density at radius 3 is 1.68 bits per heavy atom. The van der Waals surface area contributed by atoms with Crippen molar-refractivity contribution in [2.24, 2.45) is 0 Å². The molecule has 16 heteroatoms. The molecule has 5 N–H and O–H groups in total. The molecular weight excluding hydrogens is 838 g/mol. The van der Waals surface area contributed by atoms with Crippen LogP contribution in [-0.4, -0.2) is 81.6 Å². The first-order valence-corrected chi connectivity index (χ1v) is 24.7. The van der Waals surface area contributed by atoms with Gasteiger partial charge in [-0.3, -0.25) is 23.2 Å². The second-order valence-corrected chi connectivity index (χ2v) is 16.7. The first-order chi connectivity index (χ1) is 29.8. The number of allylic oxidation sites excluding steroid dienone is 16. The quantitative estimate of drug-likeness (QED) is 0.0128. The van der Waals surface area contributed by atoms with Crippen LogP contribution in [0.4, 0.5) is 0 Å². The van der Waals surface area contributed by atoms with E-state index in [-0.39, 0.29) is 12.8 Å². The largest absolute Gasteiger partial charge is 0.472 e. The summed E-state index contributed by atoms with van der Waals surface area (Å²) in [5, 5.41) is 19.7. The predicted molar refractivity (Wildman–Crippen MR) is 245 cm³/mol. The summed E-state index contributed by atoms with van der Waals surface area (Å²) in [6.07, 6.45) is 45.5. The van der Waals surface area contributed by atoms with Crippen LogP contribution in [0.25, 0.3) is 0 Å². The minimum Gasteiger partial charge on any atom is -0.462 e. The van der Waals surface area contributed by atoms with Crippen molar-refractivity contribution in [1.82, 2.24) is 0 Å². The molecule has 0 aliphatic carbocycles. The highest BCUT2D eigenvalue weighted by molar-refractivity contribution is 7.47. The van der Waals surface area contributed by atoms with Gasteiger partial charge in [-0.15, -0.1) is 0 Å². The van der Waals surface area contributed by atoms with Crippen LogP contribution in [0.5, 0.6) is 0 Å². The molecule has 4 atom stereocenters. The molecule has 0 aromatic rings. The van der Waals surface area contributed by atoms with Gasteiger partial charge in [0.15, 0.2) is 6.10 Å². The average molecular weight is 913 g/mol. The van der Waals surface area contributed by atoms with Crippen LogP contribution in [0, 0.1) is 0 Å². The lowest BCUT2D eigenvalue weighted by atomic mass is 10.1. The Morgan fingerprint density at radius 1 is 0.532 bits per heavy atom. The monoisotopic (exact) mass is 912 g/mol. The third kappa shape index (κ3) is 43.4. The molecule has 0 aromatic carbocycles. The minimum absolute atomic E-state index is 0.0277. The third-order valence-electron chi connectivity index (χ3n) is 8.24. The standard InChI is InChI=1S/C46H74O14P2/c1-3-5-7-9-11-12-13-14-15-16-17-21-24-28-32-36-45(49)56-40-44(41-59-62(54,55)58-39-43(48)38-57-61(51,52)53)60-46(50)37-33-29-25-22-19-18-20-23-27-31-35-42(47)34-30-26-10-8-6-4-2/h5-8,11-12,14-15,18-19,23,25-27,29-31,35,42-44,47-48H,3-4,9-10,13,16-17,20-22,24,28,32-34,36-41H2,1-2H3,(H,54,55)(H2,51,52,53)/b7-5-,8-6-,12-11-,15-14-,19-18-,27-23-,29-25-,30-26-,35-31+/t42?,43-,44+/m0/s1. The zero-order valence-corrected chi connectivity index (χ0v) is 38.6. The molecule has 0 saturated carbocycles. The van der Waals surface area contributed by atoms with Gasteiger partial charge in [0.25, 0.3) is 0 Å². The highest BCUT2D eigenvalue weighted by Crippen LogP contribution is 2.43. The molecule has 14 nitrogen and oxygen atoms in total. The second kappa shape index (κ2) is 40.5. The van der Waals surface area contributed by atoms with E-state index in [9.17, 15) is 33.8 Å². The SMILES string of the molecule is CC/C=C\C/C=C\C/C=C\CCCCCCCC(=O)OC[C@H](COP(=O)(O)OC[C@@H](O)COP(=O)(O)O)OC(=O)CC/C=C\C/C=C\C/C=C\C=C\C(O)C/C=C\C/C=C\CC. The van der Waals surface area contributed by atoms with Crippen molar-refractivity contribution in [3.8, 4) is 0 Å². The fourth-order valence-corrected chi connectivity index (χ4v) is 6.16. The summed E-state index contributed by atoms with van der Waals surface area (Å²) in [6.45, 7) is 1.32. The van der Waals surface area contributed by atoms with E-state index < -0.39 is 72.3 Å². The predicted octanol–water partition coefficient (Wildman–Crippen LogP) is 10.1. The number of rotatable bonds is 39. The van der Waals surface area contributed by atoms with E-state index in [2.05, 4.69) is 71.5 Å². The molecule has 0 radical (unpaired) electrons. The summed E-state index contributed by atoms with van der Waals surface area (Å²) in [5.41, 5.74) is 0. The molecule has 0 rings (SSSR count). The van der Waals surface area contributed by atoms with Gasteiger partial charge in [0.2, 0.25) is 0 Å². The fraction of sp³-hybridized carbons (Fsp3) is 0.565. The Balaban J connectivity index is 4.75. The van der Waals surface area contributed by atoms with Crippen molar-refractivity contribution in [2.45, 2.75) is 141 Å². The summed E-state index contributed by atoms with van der Waals surface area (Å²) >= 11 is 0. The Morgan fingerprint density at radius 2 is 1.05 bits per heavy atom. The van der Waals surface area contributed by atoms with Crippen molar-refractivity contribution < 1.29 is 66.7 Å². The van der Waals surface area contributed by atoms with Gasteiger partial charge < -0.3 is 34.4 Å². The van der Waals surface area contributed by atoms with Gasteiger partial charge in [-0.05, 0) is 77.0 Å². The number of aliphatic hydroxyl groups is 2. The van der Waals surface area contributed by atoms with Gasteiger partial charge in [0, 0.05) is 12.8 Å². The smallest absolute Gasteiger partial charge is 0.462 e. The summed E-state index contributed by atoms with van der Waals surface area (Å²) in [7, 11) is -9.74. The van der Waals surface area contributed by atoms with Crippen LogP contribution in [0.1, 0.15) is 123 Å². The summed E-state index contributed by atoms with van der Waals surface area (Å²) in [4.78, 5) is 52.7. The lowest BCUT2D eigenvalue weighted by molar-refractivity contribution is -0.161. The van der Waals surface area contributed by atoms with Gasteiger partial charge >= 0.3 is 27.6 Å². The lowest BCUT2D eigenvalue weighted by Crippen LogP contribution is -2.29. The normalized spacial score (nSPS) is 15.5. The number of hydrogen-bond acceptors (Lipinski definition) is 11. The van der Waals surface area contributed by atoms with Gasteiger partial charge in [-0.2, -0.15) is 0 Å². The number of esters is 2. The molecule has 0 aliphatic heterocycles. The van der Waals surface area contributed by atoms with Crippen LogP contribution in [0.15, 0.2) is 109 Å². The van der Waals surface area contributed by atoms with Crippen LogP contribution < -0.4 is 0 Å². The number of phosphoric ester groups is 2. The topological polar surface area (TPSA) is 216 Å². The first kappa shape index (κ1) is 58.7. The van der Waals surface area contributed by atoms with Crippen LogP contribution >= 0.6 is 15.6 Å². The Hall–Kier alpha value is -3.26. The van der Waals surface area contributed by atoms with E-state index in [0.29, 0.717) is 32.1 Å². The number of carbonyl (C=O) groups is 2. The Bertz CT molecular complexity index is 1520. The van der Waals surface area contributed by atoms with Crippen molar-refractivity contribution in [1.29, 1.82) is 0 Å². The van der Waals surface area contributed by atoms with Crippen molar-refractivity contribution in [2.75, 3.05) is 26.4 Å². The first-order valence-electron chi connectivity index (χ1n) is 21.7. The fourth-order valence-electron chi connectivity index (χ4n) is 5.00. The van der Waals surface area contributed by atoms with Crippen molar-refractivity contribution in [3.63, 3.8) is 0 Å². The maximum atomic E-state index is 12.6. The molecule has 0 aromatic heterocycles. The van der Waals surface area contributed by atoms with E-state index >= 15 is 0 Å². The number of hydrogen-bond donors (Lipinski definition) is 5. The maximum absolute atomic E-state index is 12.6. The summed E-state index contributed by atoms with van der Waals surface area (Å²) < 4.78 is 47.6. The molecule has 2 unspecified atom stereocenters. The van der Waals surface area contributed by atoms with Gasteiger partial charge in [-0.1, -0.05) is 142 Å². The molecule has 62 heavy (non-hydrogen) atoms. The number of carbonyl (C=O) groups excluding carboxylic acids is 2. The highest BCUT2D eigenvalue weighted by Gasteiger charge is 2.28. The Labute approximate surface area is 370 Å². The summed E-state index contributed by atoms with van der Waals surface area (Å²) in [6, 6.07) is 0. The van der Waals surface area contributed by atoms with Gasteiger partial charge in [-0.25, -0.2) is 9.13 Å². The molecule has 0 bridgehead atoms. The Kier molecular flexibility index (Phi) is 38.4. The van der Waals surface area contributed by atoms with Crippen LogP contribution in [0.3, 0.4) is 0 Å². The maximum Gasteiger partial charge on any atom is 0.472 e. The van der Waals surface area contributed by atoms with Gasteiger partial charge in [0.1, 0.15) is 12.7 Å². The molecular formula is C46H74O14P2. The number of phosphoric acid groups is 2. The van der Waals surface area contributed by atoms with Gasteiger partial charge in [0.05, 0.1) is 25.9 Å². The van der Waals surface area contributed by atoms with Crippen molar-refractivity contribution in [3.05, 3.63) is 109 Å². The zero-order valence-electron chi connectivity index (χ0n) is 36.8. The molecule has 0 spiro atoms. The zero-order chi connectivity index (χ0) is 46.0. The van der Waals surface area contributed by atoms with Crippen LogP contribution in [-0.2, 0) is 41.8 Å². The van der Waals surface area contributed by atoms with Crippen molar-refractivity contribution >= 4 is 27.6 Å². The molecule has 352 valence electrons. The minimum atomic E-state index is -4.88. The molecule has 0 fully saturated rings. The van der Waals surface area contributed by atoms with Crippen LogP contribution in [0.2, 0.25) is 0 Å². The molecule has 0 aliphatic rings. The molecule has 0 amide bonds. The number of ether oxygens (including phenoxy) is 2. The number of unbranched alkanes of at least 4 members (excludes halogenated alkanes) is 5. The molecule has 0 heterocycles. The lowest BCUT2D eigenvalue weighted by Gasteiger charge is -2.20. The van der Waals surface area contributed by atoms with E-state index in [1.807, 2.05) is 54.7 Å². The molecule has 0 saturated heterocycles. The average Bonchev–Trinajstić information content (AvgIpc) is 3.23. The highest BCUT2D eigenvalue weighted by atomic mass is 31.2.